The summed E-state index contributed by atoms with van der Waals surface area (Å²) in [6, 6.07) is 8.28. The monoisotopic (exact) mass is 165 g/mol. The van der Waals surface area contributed by atoms with Crippen LogP contribution in [0.2, 0.25) is 0 Å². The van der Waals surface area contributed by atoms with Gasteiger partial charge in [-0.3, -0.25) is 4.84 Å². The number of hydrogen-bond acceptors (Lipinski definition) is 2. The number of aryl methyl sites for hydroxylation is 1. The average Bonchev–Trinajstić information content (AvgIpc) is 2.17. The molecule has 0 spiro atoms. The Morgan fingerprint density at radius 3 is 2.83 bits per heavy atom. The van der Waals surface area contributed by atoms with E-state index in [1.807, 2.05) is 19.1 Å². The van der Waals surface area contributed by atoms with Crippen LogP contribution < -0.4 is 5.90 Å². The summed E-state index contributed by atoms with van der Waals surface area (Å²) in [5.41, 5.74) is 2.45. The Balaban J connectivity index is 2.86. The topological polar surface area (TPSA) is 35.2 Å². The summed E-state index contributed by atoms with van der Waals surface area (Å²) in [5, 5.41) is 0. The SMILES string of the molecule is CCc1cccc(C(C)ON)c1. The van der Waals surface area contributed by atoms with Crippen LogP contribution in [0.3, 0.4) is 0 Å². The molecule has 0 fully saturated rings. The highest BCUT2D eigenvalue weighted by molar-refractivity contribution is 5.24. The molecule has 0 amide bonds. The van der Waals surface area contributed by atoms with Crippen molar-refractivity contribution in [1.29, 1.82) is 0 Å². The second-order valence-corrected chi connectivity index (χ2v) is 2.88. The fourth-order valence-corrected chi connectivity index (χ4v) is 1.14. The molecule has 2 nitrogen and oxygen atoms in total. The molecule has 1 atom stereocenters. The smallest absolute Gasteiger partial charge is 0.101 e. The van der Waals surface area contributed by atoms with Gasteiger partial charge in [-0.05, 0) is 24.5 Å². The molecule has 0 aliphatic heterocycles. The zero-order valence-corrected chi connectivity index (χ0v) is 7.58. The fraction of sp³-hybridized carbons (Fsp3) is 0.400. The lowest BCUT2D eigenvalue weighted by atomic mass is 10.1. The third kappa shape index (κ3) is 2.06. The van der Waals surface area contributed by atoms with Gasteiger partial charge in [-0.2, -0.15) is 0 Å². The summed E-state index contributed by atoms with van der Waals surface area (Å²) in [4.78, 5) is 4.74. The van der Waals surface area contributed by atoms with E-state index in [2.05, 4.69) is 19.1 Å². The van der Waals surface area contributed by atoms with Gasteiger partial charge in [-0.15, -0.1) is 0 Å². The van der Waals surface area contributed by atoms with Crippen molar-refractivity contribution >= 4 is 0 Å². The van der Waals surface area contributed by atoms with Crippen LogP contribution in [0.5, 0.6) is 0 Å². The molecular weight excluding hydrogens is 150 g/mol. The number of benzene rings is 1. The molecule has 0 bridgehead atoms. The quantitative estimate of drug-likeness (QED) is 0.697. The summed E-state index contributed by atoms with van der Waals surface area (Å²) < 4.78 is 0. The molecular formula is C10H15NO. The highest BCUT2D eigenvalue weighted by atomic mass is 16.6. The Kier molecular flexibility index (Phi) is 3.26. The number of rotatable bonds is 3. The Bertz CT molecular complexity index is 247. The maximum atomic E-state index is 5.10. The van der Waals surface area contributed by atoms with Gasteiger partial charge in [0.15, 0.2) is 0 Å². The van der Waals surface area contributed by atoms with Crippen LogP contribution in [0.1, 0.15) is 31.1 Å². The van der Waals surface area contributed by atoms with E-state index < -0.39 is 0 Å². The largest absolute Gasteiger partial charge is 0.297 e. The first kappa shape index (κ1) is 9.23. The molecule has 1 rings (SSSR count). The van der Waals surface area contributed by atoms with Crippen molar-refractivity contribution < 1.29 is 4.84 Å². The van der Waals surface area contributed by atoms with Crippen molar-refractivity contribution in [2.24, 2.45) is 5.90 Å². The van der Waals surface area contributed by atoms with Crippen molar-refractivity contribution in [3.63, 3.8) is 0 Å². The van der Waals surface area contributed by atoms with E-state index >= 15 is 0 Å². The molecule has 66 valence electrons. The fourth-order valence-electron chi connectivity index (χ4n) is 1.14. The van der Waals surface area contributed by atoms with Gasteiger partial charge in [0.1, 0.15) is 6.10 Å². The highest BCUT2D eigenvalue weighted by Crippen LogP contribution is 2.16. The van der Waals surface area contributed by atoms with Gasteiger partial charge in [0.25, 0.3) is 0 Å². The third-order valence-electron chi connectivity index (χ3n) is 2.03. The Morgan fingerprint density at radius 2 is 2.25 bits per heavy atom. The number of nitrogens with two attached hydrogens (primary N) is 1. The van der Waals surface area contributed by atoms with Crippen LogP contribution in [0.25, 0.3) is 0 Å². The van der Waals surface area contributed by atoms with Crippen LogP contribution >= 0.6 is 0 Å². The molecule has 0 saturated carbocycles. The third-order valence-corrected chi connectivity index (χ3v) is 2.03. The molecule has 0 saturated heterocycles. The predicted octanol–water partition coefficient (Wildman–Crippen LogP) is 2.20. The highest BCUT2D eigenvalue weighted by Gasteiger charge is 2.03. The maximum Gasteiger partial charge on any atom is 0.101 e. The molecule has 0 aliphatic carbocycles. The minimum atomic E-state index is -0.0171. The molecule has 0 heterocycles. The maximum absolute atomic E-state index is 5.10. The van der Waals surface area contributed by atoms with Crippen molar-refractivity contribution in [2.75, 3.05) is 0 Å². The van der Waals surface area contributed by atoms with E-state index in [1.54, 1.807) is 0 Å². The predicted molar refractivity (Wildman–Crippen MR) is 49.5 cm³/mol. The van der Waals surface area contributed by atoms with Crippen molar-refractivity contribution in [1.82, 2.24) is 0 Å². The van der Waals surface area contributed by atoms with Gasteiger partial charge < -0.3 is 0 Å². The van der Waals surface area contributed by atoms with Crippen LogP contribution in [-0.4, -0.2) is 0 Å². The normalized spacial score (nSPS) is 12.9. The van der Waals surface area contributed by atoms with Gasteiger partial charge >= 0.3 is 0 Å². The van der Waals surface area contributed by atoms with Gasteiger partial charge in [0, 0.05) is 0 Å². The molecule has 0 aromatic heterocycles. The summed E-state index contributed by atoms with van der Waals surface area (Å²) in [5.74, 6) is 5.10. The first-order valence-electron chi connectivity index (χ1n) is 4.22. The van der Waals surface area contributed by atoms with Gasteiger partial charge in [0.05, 0.1) is 0 Å². The standard InChI is InChI=1S/C10H15NO/c1-3-9-5-4-6-10(7-9)8(2)12-11/h4-8H,3,11H2,1-2H3. The van der Waals surface area contributed by atoms with Crippen LogP contribution in [0.4, 0.5) is 0 Å². The van der Waals surface area contributed by atoms with Crippen LogP contribution in [0, 0.1) is 0 Å². The van der Waals surface area contributed by atoms with Gasteiger partial charge in [-0.25, -0.2) is 5.90 Å². The van der Waals surface area contributed by atoms with Gasteiger partial charge in [0.2, 0.25) is 0 Å². The molecule has 2 N–H and O–H groups in total. The zero-order chi connectivity index (χ0) is 8.97. The minimum absolute atomic E-state index is 0.0171. The zero-order valence-electron chi connectivity index (χ0n) is 7.58. The minimum Gasteiger partial charge on any atom is -0.297 e. The second kappa shape index (κ2) is 4.24. The Labute approximate surface area is 73.3 Å². The summed E-state index contributed by atoms with van der Waals surface area (Å²) >= 11 is 0. The molecule has 2 heteroatoms. The van der Waals surface area contributed by atoms with Crippen molar-refractivity contribution in [2.45, 2.75) is 26.4 Å². The Hall–Kier alpha value is -0.860. The molecule has 1 aromatic rings. The summed E-state index contributed by atoms with van der Waals surface area (Å²) in [6.07, 6.45) is 1.03. The molecule has 0 aliphatic rings. The second-order valence-electron chi connectivity index (χ2n) is 2.88. The lowest BCUT2D eigenvalue weighted by Crippen LogP contribution is -2.05. The Morgan fingerprint density at radius 1 is 1.50 bits per heavy atom. The van der Waals surface area contributed by atoms with Crippen molar-refractivity contribution in [3.05, 3.63) is 35.4 Å². The van der Waals surface area contributed by atoms with Crippen LogP contribution in [-0.2, 0) is 11.3 Å². The summed E-state index contributed by atoms with van der Waals surface area (Å²) in [7, 11) is 0. The van der Waals surface area contributed by atoms with E-state index in [0.717, 1.165) is 12.0 Å². The number of hydrogen-bond donors (Lipinski definition) is 1. The van der Waals surface area contributed by atoms with Crippen LogP contribution in [0.15, 0.2) is 24.3 Å². The molecule has 1 unspecified atom stereocenters. The summed E-state index contributed by atoms with van der Waals surface area (Å²) in [6.45, 7) is 4.07. The molecule has 1 aromatic carbocycles. The van der Waals surface area contributed by atoms with E-state index in [0.29, 0.717) is 0 Å². The average molecular weight is 165 g/mol. The lowest BCUT2D eigenvalue weighted by molar-refractivity contribution is 0.0664. The first-order valence-corrected chi connectivity index (χ1v) is 4.22. The molecule has 0 radical (unpaired) electrons. The first-order chi connectivity index (χ1) is 5.77. The van der Waals surface area contributed by atoms with E-state index in [-0.39, 0.29) is 6.10 Å². The molecule has 12 heavy (non-hydrogen) atoms. The lowest BCUT2D eigenvalue weighted by Gasteiger charge is -2.09. The van der Waals surface area contributed by atoms with Crippen molar-refractivity contribution in [3.8, 4) is 0 Å². The van der Waals surface area contributed by atoms with Gasteiger partial charge in [-0.1, -0.05) is 31.2 Å². The van der Waals surface area contributed by atoms with E-state index in [4.69, 9.17) is 10.7 Å². The van der Waals surface area contributed by atoms with E-state index in [1.165, 1.54) is 5.56 Å². The van der Waals surface area contributed by atoms with E-state index in [9.17, 15) is 0 Å².